The largest absolute Gasteiger partial charge is 0.495 e. The fourth-order valence-electron chi connectivity index (χ4n) is 2.25. The average Bonchev–Trinajstić information content (AvgIpc) is 2.49. The van der Waals surface area contributed by atoms with E-state index in [4.69, 9.17) is 16.3 Å². The lowest BCUT2D eigenvalue weighted by Gasteiger charge is -2.20. The van der Waals surface area contributed by atoms with Crippen LogP contribution in [0.1, 0.15) is 31.4 Å². The van der Waals surface area contributed by atoms with Crippen LogP contribution in [0.25, 0.3) is 0 Å². The number of nitrogens with one attached hydrogen (secondary N) is 1. The molecule has 2 nitrogen and oxygen atoms in total. The number of hydrogen-bond acceptors (Lipinski definition) is 2. The molecule has 0 radical (unpaired) electrons. The summed E-state index contributed by atoms with van der Waals surface area (Å²) >= 11 is 6.06. The van der Waals surface area contributed by atoms with E-state index < -0.39 is 0 Å². The molecule has 0 saturated carbocycles. The van der Waals surface area contributed by atoms with Gasteiger partial charge in [0.05, 0.1) is 18.2 Å². The molecule has 0 aliphatic carbocycles. The number of methoxy groups -OCH3 is 1. The van der Waals surface area contributed by atoms with Crippen molar-refractivity contribution in [2.75, 3.05) is 12.4 Å². The van der Waals surface area contributed by atoms with Gasteiger partial charge in [0.1, 0.15) is 5.75 Å². The number of anilines is 1. The van der Waals surface area contributed by atoms with Crippen molar-refractivity contribution in [3.05, 3.63) is 59.1 Å². The Bertz CT molecular complexity index is 542. The molecule has 2 aromatic rings. The Morgan fingerprint density at radius 1 is 1.15 bits per heavy atom. The van der Waals surface area contributed by atoms with Gasteiger partial charge in [-0.05, 0) is 24.1 Å². The highest BCUT2D eigenvalue weighted by Crippen LogP contribution is 2.30. The third-order valence-corrected chi connectivity index (χ3v) is 3.58. The predicted octanol–water partition coefficient (Wildman–Crippen LogP) is 5.30. The lowest BCUT2D eigenvalue weighted by Crippen LogP contribution is -2.10. The SMILES string of the molecule is CCCC(Nc1ccc(Cl)c(OC)c1)c1ccccc1. The second-order valence-corrected chi connectivity index (χ2v) is 5.15. The molecular formula is C17H20ClNO. The first-order valence-corrected chi connectivity index (χ1v) is 7.27. The first-order chi connectivity index (χ1) is 9.74. The van der Waals surface area contributed by atoms with Crippen molar-refractivity contribution in [3.63, 3.8) is 0 Å². The maximum atomic E-state index is 6.06. The van der Waals surface area contributed by atoms with Crippen LogP contribution in [0.4, 0.5) is 5.69 Å². The minimum Gasteiger partial charge on any atom is -0.495 e. The number of hydrogen-bond donors (Lipinski definition) is 1. The Balaban J connectivity index is 2.20. The maximum Gasteiger partial charge on any atom is 0.139 e. The van der Waals surface area contributed by atoms with Gasteiger partial charge >= 0.3 is 0 Å². The van der Waals surface area contributed by atoms with Crippen molar-refractivity contribution in [1.82, 2.24) is 0 Å². The van der Waals surface area contributed by atoms with E-state index in [0.717, 1.165) is 18.5 Å². The van der Waals surface area contributed by atoms with Crippen molar-refractivity contribution in [2.24, 2.45) is 0 Å². The lowest BCUT2D eigenvalue weighted by atomic mass is 10.0. The van der Waals surface area contributed by atoms with Crippen LogP contribution in [0.5, 0.6) is 5.75 Å². The van der Waals surface area contributed by atoms with E-state index in [1.165, 1.54) is 5.56 Å². The Morgan fingerprint density at radius 3 is 2.55 bits per heavy atom. The molecule has 1 atom stereocenters. The fourth-order valence-corrected chi connectivity index (χ4v) is 2.44. The van der Waals surface area contributed by atoms with Crippen LogP contribution in [0.2, 0.25) is 5.02 Å². The lowest BCUT2D eigenvalue weighted by molar-refractivity contribution is 0.415. The molecule has 106 valence electrons. The van der Waals surface area contributed by atoms with E-state index in [-0.39, 0.29) is 0 Å². The summed E-state index contributed by atoms with van der Waals surface area (Å²) in [4.78, 5) is 0. The summed E-state index contributed by atoms with van der Waals surface area (Å²) in [6, 6.07) is 16.6. The van der Waals surface area contributed by atoms with Gasteiger partial charge in [0.15, 0.2) is 0 Å². The minimum absolute atomic E-state index is 0.298. The third-order valence-electron chi connectivity index (χ3n) is 3.27. The van der Waals surface area contributed by atoms with Gasteiger partial charge in [-0.2, -0.15) is 0 Å². The van der Waals surface area contributed by atoms with Crippen molar-refractivity contribution in [2.45, 2.75) is 25.8 Å². The summed E-state index contributed by atoms with van der Waals surface area (Å²) in [6.07, 6.45) is 2.20. The van der Waals surface area contributed by atoms with Crippen LogP contribution in [0.15, 0.2) is 48.5 Å². The first kappa shape index (κ1) is 14.7. The maximum absolute atomic E-state index is 6.06. The van der Waals surface area contributed by atoms with Gasteiger partial charge in [0.25, 0.3) is 0 Å². The summed E-state index contributed by atoms with van der Waals surface area (Å²) < 4.78 is 5.26. The molecule has 0 aliphatic rings. The Labute approximate surface area is 125 Å². The Hall–Kier alpha value is -1.67. The van der Waals surface area contributed by atoms with Crippen molar-refractivity contribution >= 4 is 17.3 Å². The molecule has 0 spiro atoms. The van der Waals surface area contributed by atoms with Gasteiger partial charge in [0, 0.05) is 11.8 Å². The normalized spacial score (nSPS) is 11.9. The predicted molar refractivity (Wildman–Crippen MR) is 85.7 cm³/mol. The molecule has 1 unspecified atom stereocenters. The zero-order chi connectivity index (χ0) is 14.4. The van der Waals surface area contributed by atoms with Crippen LogP contribution in [-0.2, 0) is 0 Å². The van der Waals surface area contributed by atoms with Crippen molar-refractivity contribution in [3.8, 4) is 5.75 Å². The van der Waals surface area contributed by atoms with E-state index in [9.17, 15) is 0 Å². The van der Waals surface area contributed by atoms with E-state index in [2.05, 4.69) is 36.5 Å². The molecule has 0 fully saturated rings. The van der Waals surface area contributed by atoms with Crippen LogP contribution in [0.3, 0.4) is 0 Å². The molecular weight excluding hydrogens is 270 g/mol. The molecule has 0 aromatic heterocycles. The smallest absolute Gasteiger partial charge is 0.139 e. The van der Waals surface area contributed by atoms with Gasteiger partial charge in [-0.25, -0.2) is 0 Å². The topological polar surface area (TPSA) is 21.3 Å². The number of benzene rings is 2. The molecule has 2 rings (SSSR count). The van der Waals surface area contributed by atoms with Crippen LogP contribution < -0.4 is 10.1 Å². The van der Waals surface area contributed by atoms with Gasteiger partial charge < -0.3 is 10.1 Å². The van der Waals surface area contributed by atoms with Crippen molar-refractivity contribution < 1.29 is 4.74 Å². The summed E-state index contributed by atoms with van der Waals surface area (Å²) in [5.74, 6) is 0.694. The van der Waals surface area contributed by atoms with Gasteiger partial charge in [-0.15, -0.1) is 0 Å². The monoisotopic (exact) mass is 289 g/mol. The second-order valence-electron chi connectivity index (χ2n) is 4.75. The molecule has 3 heteroatoms. The van der Waals surface area contributed by atoms with E-state index in [1.807, 2.05) is 24.3 Å². The third kappa shape index (κ3) is 3.67. The number of rotatable bonds is 6. The highest BCUT2D eigenvalue weighted by atomic mass is 35.5. The number of ether oxygens (including phenoxy) is 1. The molecule has 0 aliphatic heterocycles. The van der Waals surface area contributed by atoms with Gasteiger partial charge in [-0.1, -0.05) is 55.3 Å². The second kappa shape index (κ2) is 7.20. The molecule has 0 saturated heterocycles. The highest BCUT2D eigenvalue weighted by Gasteiger charge is 2.11. The summed E-state index contributed by atoms with van der Waals surface area (Å²) in [6.45, 7) is 2.19. The molecule has 0 bridgehead atoms. The average molecular weight is 290 g/mol. The number of halogens is 1. The summed E-state index contributed by atoms with van der Waals surface area (Å²) in [5.41, 5.74) is 2.32. The summed E-state index contributed by atoms with van der Waals surface area (Å²) in [5, 5.41) is 4.19. The molecule has 0 amide bonds. The van der Waals surface area contributed by atoms with E-state index >= 15 is 0 Å². The highest BCUT2D eigenvalue weighted by molar-refractivity contribution is 6.32. The van der Waals surface area contributed by atoms with Crippen LogP contribution >= 0.6 is 11.6 Å². The van der Waals surface area contributed by atoms with Crippen LogP contribution in [0, 0.1) is 0 Å². The minimum atomic E-state index is 0.298. The van der Waals surface area contributed by atoms with Crippen LogP contribution in [-0.4, -0.2) is 7.11 Å². The van der Waals surface area contributed by atoms with E-state index in [0.29, 0.717) is 16.8 Å². The zero-order valence-electron chi connectivity index (χ0n) is 11.9. The molecule has 0 heterocycles. The molecule has 1 N–H and O–H groups in total. The first-order valence-electron chi connectivity index (χ1n) is 6.89. The zero-order valence-corrected chi connectivity index (χ0v) is 12.7. The Morgan fingerprint density at radius 2 is 1.90 bits per heavy atom. The van der Waals surface area contributed by atoms with Crippen molar-refractivity contribution in [1.29, 1.82) is 0 Å². The van der Waals surface area contributed by atoms with Gasteiger partial charge in [0.2, 0.25) is 0 Å². The fraction of sp³-hybridized carbons (Fsp3) is 0.294. The van der Waals surface area contributed by atoms with E-state index in [1.54, 1.807) is 7.11 Å². The summed E-state index contributed by atoms with van der Waals surface area (Å²) in [7, 11) is 1.63. The Kier molecular flexibility index (Phi) is 5.31. The molecule has 20 heavy (non-hydrogen) atoms. The quantitative estimate of drug-likeness (QED) is 0.779. The standard InChI is InChI=1S/C17H20ClNO/c1-3-7-16(13-8-5-4-6-9-13)19-14-10-11-15(18)17(12-14)20-2/h4-6,8-12,16,19H,3,7H2,1-2H3. The van der Waals surface area contributed by atoms with Gasteiger partial charge in [-0.3, -0.25) is 0 Å². The molecule has 2 aromatic carbocycles.